The second kappa shape index (κ2) is 8.22. The number of hydrogen-bond donors (Lipinski definition) is 1. The third-order valence-electron chi connectivity index (χ3n) is 4.23. The fourth-order valence-corrected chi connectivity index (χ4v) is 3.83. The first-order valence-electron chi connectivity index (χ1n) is 8.51. The molecule has 0 radical (unpaired) electrons. The highest BCUT2D eigenvalue weighted by atomic mass is 32.2. The first-order chi connectivity index (χ1) is 13.0. The van der Waals surface area contributed by atoms with Crippen LogP contribution in [0.3, 0.4) is 0 Å². The van der Waals surface area contributed by atoms with Gasteiger partial charge in [-0.3, -0.25) is 9.59 Å². The van der Waals surface area contributed by atoms with Gasteiger partial charge in [-0.2, -0.15) is 0 Å². The number of amides is 1. The maximum atomic E-state index is 12.7. The van der Waals surface area contributed by atoms with E-state index in [2.05, 4.69) is 10.5 Å². The van der Waals surface area contributed by atoms with E-state index in [1.807, 2.05) is 32.0 Å². The minimum Gasteiger partial charge on any atom is -0.361 e. The van der Waals surface area contributed by atoms with Gasteiger partial charge in [0, 0.05) is 27.5 Å². The van der Waals surface area contributed by atoms with E-state index >= 15 is 0 Å². The predicted octanol–water partition coefficient (Wildman–Crippen LogP) is 5.04. The lowest BCUT2D eigenvalue weighted by Gasteiger charge is -2.10. The zero-order chi connectivity index (χ0) is 19.4. The van der Waals surface area contributed by atoms with Crippen molar-refractivity contribution < 1.29 is 14.1 Å². The van der Waals surface area contributed by atoms with Crippen molar-refractivity contribution in [3.05, 3.63) is 76.7 Å². The van der Waals surface area contributed by atoms with Crippen LogP contribution in [-0.4, -0.2) is 16.8 Å². The van der Waals surface area contributed by atoms with Crippen molar-refractivity contribution in [2.75, 3.05) is 5.32 Å². The lowest BCUT2D eigenvalue weighted by atomic mass is 10.1. The number of nitrogens with zero attached hydrogens (tertiary/aromatic N) is 1. The van der Waals surface area contributed by atoms with Crippen LogP contribution in [0.2, 0.25) is 0 Å². The van der Waals surface area contributed by atoms with E-state index in [4.69, 9.17) is 4.52 Å². The summed E-state index contributed by atoms with van der Waals surface area (Å²) >= 11 is 1.57. The summed E-state index contributed by atoms with van der Waals surface area (Å²) in [5.41, 5.74) is 3.78. The molecular weight excluding hydrogens is 360 g/mol. The van der Waals surface area contributed by atoms with Crippen LogP contribution in [0.25, 0.3) is 0 Å². The second-order valence-corrected chi connectivity index (χ2v) is 7.19. The molecule has 0 unspecified atom stereocenters. The Balaban J connectivity index is 1.74. The number of rotatable bonds is 6. The van der Waals surface area contributed by atoms with Gasteiger partial charge in [0.1, 0.15) is 5.76 Å². The van der Waals surface area contributed by atoms with E-state index in [1.165, 1.54) is 6.92 Å². The molecule has 0 spiro atoms. The van der Waals surface area contributed by atoms with Crippen molar-refractivity contribution in [2.24, 2.45) is 0 Å². The lowest BCUT2D eigenvalue weighted by molar-refractivity contribution is 0.101. The van der Waals surface area contributed by atoms with Gasteiger partial charge in [-0.15, -0.1) is 11.8 Å². The molecule has 5 nitrogen and oxygen atoms in total. The van der Waals surface area contributed by atoms with Gasteiger partial charge in [-0.05, 0) is 57.2 Å². The monoisotopic (exact) mass is 380 g/mol. The first-order valence-corrected chi connectivity index (χ1v) is 9.50. The number of ketones is 1. The van der Waals surface area contributed by atoms with E-state index in [0.717, 1.165) is 21.9 Å². The number of thioether (sulfide) groups is 1. The van der Waals surface area contributed by atoms with Crippen molar-refractivity contribution in [3.8, 4) is 0 Å². The van der Waals surface area contributed by atoms with E-state index in [9.17, 15) is 9.59 Å². The molecule has 0 atom stereocenters. The quantitative estimate of drug-likeness (QED) is 0.479. The van der Waals surface area contributed by atoms with Crippen molar-refractivity contribution in [3.63, 3.8) is 0 Å². The topological polar surface area (TPSA) is 72.2 Å². The van der Waals surface area contributed by atoms with Gasteiger partial charge >= 0.3 is 0 Å². The Morgan fingerprint density at radius 1 is 1.07 bits per heavy atom. The average Bonchev–Trinajstić information content (AvgIpc) is 2.98. The molecule has 1 aromatic heterocycles. The molecule has 27 heavy (non-hydrogen) atoms. The summed E-state index contributed by atoms with van der Waals surface area (Å²) in [7, 11) is 0. The number of aromatic nitrogens is 1. The molecule has 0 aliphatic heterocycles. The zero-order valence-electron chi connectivity index (χ0n) is 15.4. The first kappa shape index (κ1) is 18.9. The van der Waals surface area contributed by atoms with Crippen LogP contribution < -0.4 is 5.32 Å². The summed E-state index contributed by atoms with van der Waals surface area (Å²) in [6, 6.07) is 14.3. The number of nitrogens with one attached hydrogen (secondary N) is 1. The van der Waals surface area contributed by atoms with Crippen LogP contribution in [0.5, 0.6) is 0 Å². The van der Waals surface area contributed by atoms with Crippen molar-refractivity contribution >= 4 is 29.1 Å². The smallest absolute Gasteiger partial charge is 0.256 e. The number of Topliss-reactive ketones (excluding diaryl/α,β-unsaturated/α-hetero) is 1. The van der Waals surface area contributed by atoms with E-state index in [1.54, 1.807) is 42.1 Å². The van der Waals surface area contributed by atoms with E-state index in [0.29, 0.717) is 22.6 Å². The van der Waals surface area contributed by atoms with Crippen molar-refractivity contribution in [1.82, 2.24) is 5.16 Å². The Hall–Kier alpha value is -2.86. The molecule has 138 valence electrons. The van der Waals surface area contributed by atoms with E-state index in [-0.39, 0.29) is 11.7 Å². The molecule has 3 aromatic rings. The van der Waals surface area contributed by atoms with Gasteiger partial charge in [0.05, 0.1) is 11.3 Å². The minimum atomic E-state index is -0.188. The number of anilines is 1. The Labute approximate surface area is 162 Å². The molecular formula is C21H20N2O3S. The van der Waals surface area contributed by atoms with Crippen LogP contribution >= 0.6 is 11.8 Å². The average molecular weight is 380 g/mol. The minimum absolute atomic E-state index is 0.00561. The summed E-state index contributed by atoms with van der Waals surface area (Å²) < 4.78 is 5.20. The third kappa shape index (κ3) is 4.46. The number of hydrogen-bond acceptors (Lipinski definition) is 5. The molecule has 3 rings (SSSR count). The van der Waals surface area contributed by atoms with E-state index < -0.39 is 0 Å². The maximum absolute atomic E-state index is 12.7. The Kier molecular flexibility index (Phi) is 5.76. The zero-order valence-corrected chi connectivity index (χ0v) is 16.2. The Morgan fingerprint density at radius 2 is 1.78 bits per heavy atom. The van der Waals surface area contributed by atoms with Crippen LogP contribution in [-0.2, 0) is 5.75 Å². The van der Waals surface area contributed by atoms with Crippen molar-refractivity contribution in [1.29, 1.82) is 0 Å². The highest BCUT2D eigenvalue weighted by Gasteiger charge is 2.14. The lowest BCUT2D eigenvalue weighted by Crippen LogP contribution is -2.13. The molecule has 2 aromatic carbocycles. The molecule has 0 aliphatic carbocycles. The normalized spacial score (nSPS) is 10.6. The number of aryl methyl sites for hydroxylation is 2. The van der Waals surface area contributed by atoms with Crippen LogP contribution in [0.1, 0.15) is 44.7 Å². The molecule has 0 fully saturated rings. The van der Waals surface area contributed by atoms with Gasteiger partial charge in [0.25, 0.3) is 5.91 Å². The maximum Gasteiger partial charge on any atom is 0.256 e. The fourth-order valence-electron chi connectivity index (χ4n) is 2.62. The summed E-state index contributed by atoms with van der Waals surface area (Å²) in [5.74, 6) is 1.28. The second-order valence-electron chi connectivity index (χ2n) is 6.18. The molecule has 1 heterocycles. The molecule has 0 aliphatic rings. The standard InChI is InChI=1S/C21H20N2O3S/c1-13-19(15(3)26-23-13)12-27-20-7-5-4-6-18(20)21(25)22-17-10-8-16(9-11-17)14(2)24/h4-11H,12H2,1-3H3,(H,22,25). The third-order valence-corrected chi connectivity index (χ3v) is 5.33. The van der Waals surface area contributed by atoms with Gasteiger partial charge in [-0.1, -0.05) is 17.3 Å². The van der Waals surface area contributed by atoms with Crippen LogP contribution in [0, 0.1) is 13.8 Å². The number of carbonyl (C=O) groups excluding carboxylic acids is 2. The number of benzene rings is 2. The largest absolute Gasteiger partial charge is 0.361 e. The molecule has 0 saturated heterocycles. The molecule has 6 heteroatoms. The molecule has 1 N–H and O–H groups in total. The van der Waals surface area contributed by atoms with Gasteiger partial charge < -0.3 is 9.84 Å². The number of carbonyl (C=O) groups is 2. The summed E-state index contributed by atoms with van der Waals surface area (Å²) in [6.45, 7) is 5.31. The highest BCUT2D eigenvalue weighted by molar-refractivity contribution is 7.98. The van der Waals surface area contributed by atoms with Crippen LogP contribution in [0.4, 0.5) is 5.69 Å². The van der Waals surface area contributed by atoms with Gasteiger partial charge in [-0.25, -0.2) is 0 Å². The summed E-state index contributed by atoms with van der Waals surface area (Å²) in [4.78, 5) is 25.0. The van der Waals surface area contributed by atoms with Gasteiger partial charge in [0.15, 0.2) is 5.78 Å². The molecule has 1 amide bonds. The SMILES string of the molecule is CC(=O)c1ccc(NC(=O)c2ccccc2SCc2c(C)noc2C)cc1. The fraction of sp³-hybridized carbons (Fsp3) is 0.190. The molecule has 0 saturated carbocycles. The predicted molar refractivity (Wildman–Crippen MR) is 106 cm³/mol. The Morgan fingerprint density at radius 3 is 2.41 bits per heavy atom. The summed E-state index contributed by atoms with van der Waals surface area (Å²) in [6.07, 6.45) is 0. The Bertz CT molecular complexity index is 958. The van der Waals surface area contributed by atoms with Crippen molar-refractivity contribution in [2.45, 2.75) is 31.4 Å². The highest BCUT2D eigenvalue weighted by Crippen LogP contribution is 2.29. The van der Waals surface area contributed by atoms with Gasteiger partial charge in [0.2, 0.25) is 0 Å². The molecule has 0 bridgehead atoms. The summed E-state index contributed by atoms with van der Waals surface area (Å²) in [5, 5.41) is 6.86. The van der Waals surface area contributed by atoms with Crippen LogP contribution in [0.15, 0.2) is 57.9 Å².